The number of nitrogens with zero attached hydrogens (tertiary/aromatic N) is 1. The maximum absolute atomic E-state index is 13.1. The smallest absolute Gasteiger partial charge is 0.257 e. The van der Waals surface area contributed by atoms with E-state index in [0.717, 1.165) is 0 Å². The second kappa shape index (κ2) is 6.62. The number of carbonyl (C=O) groups excluding carboxylic acids is 1. The van der Waals surface area contributed by atoms with Crippen LogP contribution >= 0.6 is 0 Å². The van der Waals surface area contributed by atoms with Crippen LogP contribution in [0.2, 0.25) is 0 Å². The summed E-state index contributed by atoms with van der Waals surface area (Å²) in [7, 11) is 0. The fraction of sp³-hybridized carbons (Fsp3) is 0.312. The topological polar surface area (TPSA) is 51.9 Å². The van der Waals surface area contributed by atoms with Gasteiger partial charge in [-0.2, -0.15) is 0 Å². The molecular weight excluding hydrogens is 289 g/mol. The molecule has 0 radical (unpaired) electrons. The Bertz CT molecular complexity index is 629. The van der Waals surface area contributed by atoms with Crippen molar-refractivity contribution >= 4 is 5.91 Å². The van der Waals surface area contributed by atoms with Gasteiger partial charge < -0.3 is 18.8 Å². The highest BCUT2D eigenvalue weighted by Gasteiger charge is 2.26. The standard InChI is InChI=1S/C16H16FNO4/c17-13-2-1-3-14(8-13)22-11-15-9-18(5-7-21-15)16(19)12-4-6-20-10-12/h1-4,6,8,10,15H,5,7,9,11H2/t15-/m1/s1. The summed E-state index contributed by atoms with van der Waals surface area (Å²) in [6.07, 6.45) is 2.65. The number of benzene rings is 1. The van der Waals surface area contributed by atoms with E-state index in [2.05, 4.69) is 0 Å². The Hall–Kier alpha value is -2.34. The molecule has 116 valence electrons. The van der Waals surface area contributed by atoms with Gasteiger partial charge in [-0.1, -0.05) is 6.07 Å². The first-order valence-electron chi connectivity index (χ1n) is 7.04. The molecular formula is C16H16FNO4. The molecule has 0 saturated carbocycles. The summed E-state index contributed by atoms with van der Waals surface area (Å²) in [5, 5.41) is 0. The second-order valence-electron chi connectivity index (χ2n) is 5.02. The van der Waals surface area contributed by atoms with Crippen molar-refractivity contribution in [2.75, 3.05) is 26.3 Å². The van der Waals surface area contributed by atoms with E-state index in [1.165, 1.54) is 24.7 Å². The molecule has 1 aromatic heterocycles. The summed E-state index contributed by atoms with van der Waals surface area (Å²) < 4.78 is 29.1. The van der Waals surface area contributed by atoms with Gasteiger partial charge in [0, 0.05) is 12.6 Å². The van der Waals surface area contributed by atoms with Crippen molar-refractivity contribution in [3.63, 3.8) is 0 Å². The third-order valence-electron chi connectivity index (χ3n) is 3.43. The summed E-state index contributed by atoms with van der Waals surface area (Å²) in [5.41, 5.74) is 0.520. The maximum atomic E-state index is 13.1. The molecule has 1 aliphatic heterocycles. The fourth-order valence-electron chi connectivity index (χ4n) is 2.32. The number of carbonyl (C=O) groups is 1. The largest absolute Gasteiger partial charge is 0.491 e. The number of halogens is 1. The Morgan fingerprint density at radius 3 is 3.09 bits per heavy atom. The molecule has 0 unspecified atom stereocenters. The van der Waals surface area contributed by atoms with Gasteiger partial charge in [0.15, 0.2) is 0 Å². The molecule has 1 atom stereocenters. The molecule has 0 bridgehead atoms. The summed E-state index contributed by atoms with van der Waals surface area (Å²) >= 11 is 0. The molecule has 1 aromatic carbocycles. The van der Waals surface area contributed by atoms with Gasteiger partial charge in [0.05, 0.1) is 25.0 Å². The van der Waals surface area contributed by atoms with Crippen LogP contribution in [0.5, 0.6) is 5.75 Å². The van der Waals surface area contributed by atoms with Crippen molar-refractivity contribution < 1.29 is 23.1 Å². The third-order valence-corrected chi connectivity index (χ3v) is 3.43. The highest BCUT2D eigenvalue weighted by molar-refractivity contribution is 5.93. The van der Waals surface area contributed by atoms with Crippen LogP contribution in [0.1, 0.15) is 10.4 Å². The van der Waals surface area contributed by atoms with Gasteiger partial charge in [0.1, 0.15) is 30.5 Å². The maximum Gasteiger partial charge on any atom is 0.257 e. The van der Waals surface area contributed by atoms with Crippen molar-refractivity contribution in [3.8, 4) is 5.75 Å². The Balaban J connectivity index is 1.55. The van der Waals surface area contributed by atoms with Crippen LogP contribution in [0.25, 0.3) is 0 Å². The molecule has 1 saturated heterocycles. The molecule has 1 aliphatic rings. The average Bonchev–Trinajstić information content (AvgIpc) is 3.07. The van der Waals surface area contributed by atoms with Crippen molar-refractivity contribution in [1.82, 2.24) is 4.90 Å². The lowest BCUT2D eigenvalue weighted by Crippen LogP contribution is -2.47. The van der Waals surface area contributed by atoms with Crippen molar-refractivity contribution in [2.45, 2.75) is 6.10 Å². The summed E-state index contributed by atoms with van der Waals surface area (Å²) in [5.74, 6) is 0.00788. The van der Waals surface area contributed by atoms with Crippen molar-refractivity contribution in [2.24, 2.45) is 0 Å². The average molecular weight is 305 g/mol. The van der Waals surface area contributed by atoms with Gasteiger partial charge >= 0.3 is 0 Å². The molecule has 6 heteroatoms. The van der Waals surface area contributed by atoms with E-state index < -0.39 is 0 Å². The zero-order chi connectivity index (χ0) is 15.4. The van der Waals surface area contributed by atoms with E-state index in [1.807, 2.05) is 0 Å². The zero-order valence-corrected chi connectivity index (χ0v) is 11.9. The highest BCUT2D eigenvalue weighted by Crippen LogP contribution is 2.15. The summed E-state index contributed by atoms with van der Waals surface area (Å²) in [6, 6.07) is 7.57. The van der Waals surface area contributed by atoms with Crippen LogP contribution in [0.15, 0.2) is 47.3 Å². The van der Waals surface area contributed by atoms with Gasteiger partial charge in [-0.15, -0.1) is 0 Å². The van der Waals surface area contributed by atoms with Crippen LogP contribution in [0, 0.1) is 5.82 Å². The lowest BCUT2D eigenvalue weighted by atomic mass is 10.2. The quantitative estimate of drug-likeness (QED) is 0.870. The van der Waals surface area contributed by atoms with E-state index in [9.17, 15) is 9.18 Å². The van der Waals surface area contributed by atoms with E-state index in [4.69, 9.17) is 13.9 Å². The van der Waals surface area contributed by atoms with Crippen LogP contribution in [-0.2, 0) is 4.74 Å². The molecule has 2 heterocycles. The fourth-order valence-corrected chi connectivity index (χ4v) is 2.32. The minimum Gasteiger partial charge on any atom is -0.491 e. The van der Waals surface area contributed by atoms with Crippen molar-refractivity contribution in [1.29, 1.82) is 0 Å². The number of hydrogen-bond donors (Lipinski definition) is 0. The van der Waals surface area contributed by atoms with Crippen LogP contribution in [-0.4, -0.2) is 43.2 Å². The first kappa shape index (κ1) is 14.6. The normalized spacial score (nSPS) is 18.2. The minimum atomic E-state index is -0.348. The second-order valence-corrected chi connectivity index (χ2v) is 5.02. The van der Waals surface area contributed by atoms with E-state index >= 15 is 0 Å². The molecule has 0 aliphatic carbocycles. The Morgan fingerprint density at radius 1 is 1.41 bits per heavy atom. The molecule has 22 heavy (non-hydrogen) atoms. The predicted molar refractivity (Wildman–Crippen MR) is 76.2 cm³/mol. The van der Waals surface area contributed by atoms with Gasteiger partial charge in [0.25, 0.3) is 5.91 Å². The van der Waals surface area contributed by atoms with Gasteiger partial charge in [-0.05, 0) is 18.2 Å². The number of rotatable bonds is 4. The first-order valence-corrected chi connectivity index (χ1v) is 7.04. The molecule has 0 N–H and O–H groups in total. The van der Waals surface area contributed by atoms with Crippen LogP contribution in [0.4, 0.5) is 4.39 Å². The Labute approximate surface area is 127 Å². The minimum absolute atomic E-state index is 0.0900. The lowest BCUT2D eigenvalue weighted by molar-refractivity contribution is -0.0401. The number of ether oxygens (including phenoxy) is 2. The Morgan fingerprint density at radius 2 is 2.32 bits per heavy atom. The highest BCUT2D eigenvalue weighted by atomic mass is 19.1. The number of amides is 1. The molecule has 5 nitrogen and oxygen atoms in total. The molecule has 0 spiro atoms. The van der Waals surface area contributed by atoms with Crippen molar-refractivity contribution in [3.05, 3.63) is 54.2 Å². The molecule has 1 amide bonds. The molecule has 1 fully saturated rings. The monoisotopic (exact) mass is 305 g/mol. The predicted octanol–water partition coefficient (Wildman–Crippen LogP) is 2.34. The van der Waals surface area contributed by atoms with Crippen LogP contribution < -0.4 is 4.74 Å². The Kier molecular flexibility index (Phi) is 4.39. The van der Waals surface area contributed by atoms with Gasteiger partial charge in [0.2, 0.25) is 0 Å². The van der Waals surface area contributed by atoms with E-state index in [-0.39, 0.29) is 24.4 Å². The SMILES string of the molecule is O=C(c1ccoc1)N1CCO[C@@H](COc2cccc(F)c2)C1. The zero-order valence-electron chi connectivity index (χ0n) is 11.9. The van der Waals surface area contributed by atoms with Gasteiger partial charge in [-0.3, -0.25) is 4.79 Å². The van der Waals surface area contributed by atoms with E-state index in [0.29, 0.717) is 31.0 Å². The van der Waals surface area contributed by atoms with Gasteiger partial charge in [-0.25, -0.2) is 4.39 Å². The number of morpholine rings is 1. The molecule has 2 aromatic rings. The first-order chi connectivity index (χ1) is 10.7. The number of hydrogen-bond acceptors (Lipinski definition) is 4. The van der Waals surface area contributed by atoms with Crippen LogP contribution in [0.3, 0.4) is 0 Å². The van der Waals surface area contributed by atoms with E-state index in [1.54, 1.807) is 23.1 Å². The number of furan rings is 1. The summed E-state index contributed by atoms with van der Waals surface area (Å²) in [6.45, 7) is 1.67. The third kappa shape index (κ3) is 3.46. The lowest BCUT2D eigenvalue weighted by Gasteiger charge is -2.32. The summed E-state index contributed by atoms with van der Waals surface area (Å²) in [4.78, 5) is 13.9. The molecule has 3 rings (SSSR count).